The first-order valence-electron chi connectivity index (χ1n) is 6.54. The van der Waals surface area contributed by atoms with E-state index in [1.807, 2.05) is 12.2 Å². The van der Waals surface area contributed by atoms with Crippen molar-refractivity contribution in [3.63, 3.8) is 0 Å². The number of esters is 1. The van der Waals surface area contributed by atoms with E-state index in [9.17, 15) is 9.59 Å². The maximum Gasteiger partial charge on any atom is 0.305 e. The number of carbonyl (C=O) groups is 2. The van der Waals surface area contributed by atoms with Crippen molar-refractivity contribution in [2.45, 2.75) is 38.5 Å². The van der Waals surface area contributed by atoms with Crippen LogP contribution in [0.25, 0.3) is 0 Å². The van der Waals surface area contributed by atoms with Crippen LogP contribution in [-0.4, -0.2) is 30.6 Å². The Morgan fingerprint density at radius 3 is 2.94 bits per heavy atom. The molecule has 0 saturated heterocycles. The van der Waals surface area contributed by atoms with Crippen LogP contribution >= 0.6 is 0 Å². The lowest BCUT2D eigenvalue weighted by molar-refractivity contribution is -0.142. The van der Waals surface area contributed by atoms with Gasteiger partial charge in [0.2, 0.25) is 0 Å². The molecule has 0 amide bonds. The van der Waals surface area contributed by atoms with E-state index in [4.69, 9.17) is 5.11 Å². The van der Waals surface area contributed by atoms with E-state index >= 15 is 0 Å². The highest BCUT2D eigenvalue weighted by molar-refractivity contribution is 5.84. The Hall–Kier alpha value is -1.16. The molecular weight excluding hydrogens is 232 g/mol. The zero-order valence-corrected chi connectivity index (χ0v) is 10.9. The lowest BCUT2D eigenvalue weighted by Crippen LogP contribution is -2.18. The van der Waals surface area contributed by atoms with E-state index in [1.54, 1.807) is 0 Å². The third-order valence-electron chi connectivity index (χ3n) is 3.49. The predicted molar refractivity (Wildman–Crippen MR) is 67.9 cm³/mol. The van der Waals surface area contributed by atoms with Crippen molar-refractivity contribution in [2.24, 2.45) is 11.8 Å². The van der Waals surface area contributed by atoms with Gasteiger partial charge >= 0.3 is 5.97 Å². The minimum Gasteiger partial charge on any atom is -0.469 e. The van der Waals surface area contributed by atoms with Crippen molar-refractivity contribution in [3.05, 3.63) is 12.2 Å². The molecule has 1 rings (SSSR count). The smallest absolute Gasteiger partial charge is 0.305 e. The first kappa shape index (κ1) is 14.9. The van der Waals surface area contributed by atoms with Crippen molar-refractivity contribution >= 4 is 11.8 Å². The topological polar surface area (TPSA) is 63.6 Å². The van der Waals surface area contributed by atoms with E-state index in [0.29, 0.717) is 19.3 Å². The molecule has 4 heteroatoms. The molecule has 0 unspecified atom stereocenters. The van der Waals surface area contributed by atoms with E-state index in [2.05, 4.69) is 4.74 Å². The highest BCUT2D eigenvalue weighted by Crippen LogP contribution is 2.34. The molecule has 0 spiro atoms. The summed E-state index contributed by atoms with van der Waals surface area (Å²) in [5.74, 6) is 0.126. The summed E-state index contributed by atoms with van der Waals surface area (Å²) >= 11 is 0. The minimum atomic E-state index is -0.232. The molecule has 0 aromatic carbocycles. The summed E-state index contributed by atoms with van der Waals surface area (Å²) < 4.78 is 4.66. The molecule has 2 atom stereocenters. The van der Waals surface area contributed by atoms with Gasteiger partial charge in [0.05, 0.1) is 7.11 Å². The van der Waals surface area contributed by atoms with Crippen LogP contribution in [0, 0.1) is 11.8 Å². The Kier molecular flexibility index (Phi) is 6.65. The average molecular weight is 254 g/mol. The second kappa shape index (κ2) is 8.03. The van der Waals surface area contributed by atoms with E-state index in [0.717, 1.165) is 19.3 Å². The molecule has 0 radical (unpaired) electrons. The van der Waals surface area contributed by atoms with Crippen molar-refractivity contribution in [1.29, 1.82) is 0 Å². The van der Waals surface area contributed by atoms with Crippen LogP contribution in [0.15, 0.2) is 12.2 Å². The molecule has 18 heavy (non-hydrogen) atoms. The number of hydrogen-bond donors (Lipinski definition) is 1. The summed E-state index contributed by atoms with van der Waals surface area (Å²) in [5.41, 5.74) is 0. The average Bonchev–Trinajstić information content (AvgIpc) is 2.70. The fourth-order valence-electron chi connectivity index (χ4n) is 2.41. The Morgan fingerprint density at radius 1 is 1.50 bits per heavy atom. The van der Waals surface area contributed by atoms with Gasteiger partial charge in [-0.3, -0.25) is 9.59 Å². The van der Waals surface area contributed by atoms with Gasteiger partial charge in [0.15, 0.2) is 0 Å². The number of unbranched alkanes of at least 4 members (excludes halogenated alkanes) is 1. The number of allylic oxidation sites excluding steroid dienone is 2. The van der Waals surface area contributed by atoms with E-state index < -0.39 is 0 Å². The third-order valence-corrected chi connectivity index (χ3v) is 3.49. The molecule has 102 valence electrons. The molecule has 1 N–H and O–H groups in total. The fraction of sp³-hybridized carbons (Fsp3) is 0.714. The molecule has 0 aromatic heterocycles. The fourth-order valence-corrected chi connectivity index (χ4v) is 2.41. The van der Waals surface area contributed by atoms with Gasteiger partial charge in [-0.1, -0.05) is 12.2 Å². The second-order valence-corrected chi connectivity index (χ2v) is 4.72. The second-order valence-electron chi connectivity index (χ2n) is 4.72. The number of aliphatic hydroxyl groups excluding tert-OH is 1. The molecular formula is C14H22O4. The van der Waals surface area contributed by atoms with Gasteiger partial charge in [0.1, 0.15) is 5.78 Å². The van der Waals surface area contributed by atoms with Crippen molar-refractivity contribution in [2.75, 3.05) is 13.7 Å². The Balaban J connectivity index is 2.41. The van der Waals surface area contributed by atoms with Crippen LogP contribution in [0.2, 0.25) is 0 Å². The molecule has 1 aliphatic carbocycles. The standard InChI is InChI=1S/C14H22O4/c1-18-14(17)10-11-7-8-13(16)12(11)6-4-2-3-5-9-15/h2,4,11-12,15H,3,5-10H2,1H3/b4-2+/t11-,12-/m1/s1. The Morgan fingerprint density at radius 2 is 2.28 bits per heavy atom. The zero-order chi connectivity index (χ0) is 13.4. The number of ketones is 1. The highest BCUT2D eigenvalue weighted by atomic mass is 16.5. The van der Waals surface area contributed by atoms with Crippen LogP contribution in [0.3, 0.4) is 0 Å². The van der Waals surface area contributed by atoms with Crippen LogP contribution in [0.5, 0.6) is 0 Å². The van der Waals surface area contributed by atoms with E-state index in [1.165, 1.54) is 7.11 Å². The molecule has 0 aromatic rings. The summed E-state index contributed by atoms with van der Waals surface area (Å²) in [4.78, 5) is 23.0. The van der Waals surface area contributed by atoms with Gasteiger partial charge in [0, 0.05) is 25.4 Å². The van der Waals surface area contributed by atoms with Crippen LogP contribution in [0.4, 0.5) is 0 Å². The SMILES string of the molecule is COC(=O)C[C@H]1CCC(=O)[C@@H]1C/C=C/CCCO. The number of carbonyl (C=O) groups excluding carboxylic acids is 2. The summed E-state index contributed by atoms with van der Waals surface area (Å²) in [6.07, 6.45) is 7.99. The largest absolute Gasteiger partial charge is 0.469 e. The van der Waals surface area contributed by atoms with Gasteiger partial charge in [0.25, 0.3) is 0 Å². The maximum atomic E-state index is 11.7. The maximum absolute atomic E-state index is 11.7. The van der Waals surface area contributed by atoms with Crippen LogP contribution < -0.4 is 0 Å². The summed E-state index contributed by atoms with van der Waals surface area (Å²) in [5, 5.41) is 8.65. The number of Topliss-reactive ketones (excluding diaryl/α,β-unsaturated/α-hetero) is 1. The third kappa shape index (κ3) is 4.61. The van der Waals surface area contributed by atoms with Gasteiger partial charge in [-0.05, 0) is 31.6 Å². The zero-order valence-electron chi connectivity index (χ0n) is 10.9. The molecule has 1 aliphatic rings. The quantitative estimate of drug-likeness (QED) is 0.428. The molecule has 4 nitrogen and oxygen atoms in total. The predicted octanol–water partition coefficient (Wildman–Crippen LogP) is 1.86. The number of ether oxygens (including phenoxy) is 1. The Labute approximate surface area is 108 Å². The summed E-state index contributed by atoms with van der Waals surface area (Å²) in [7, 11) is 1.38. The number of hydrogen-bond acceptors (Lipinski definition) is 4. The molecule has 1 fully saturated rings. The minimum absolute atomic E-state index is 0.0329. The lowest BCUT2D eigenvalue weighted by Gasteiger charge is -2.15. The first-order chi connectivity index (χ1) is 8.69. The lowest BCUT2D eigenvalue weighted by atomic mass is 9.89. The van der Waals surface area contributed by atoms with Gasteiger partial charge in [-0.25, -0.2) is 0 Å². The van der Waals surface area contributed by atoms with Crippen LogP contribution in [0.1, 0.15) is 38.5 Å². The molecule has 1 saturated carbocycles. The van der Waals surface area contributed by atoms with E-state index in [-0.39, 0.29) is 30.2 Å². The summed E-state index contributed by atoms with van der Waals surface area (Å²) in [6.45, 7) is 0.192. The number of aliphatic hydroxyl groups is 1. The number of methoxy groups -OCH3 is 1. The van der Waals surface area contributed by atoms with Gasteiger partial charge in [-0.15, -0.1) is 0 Å². The van der Waals surface area contributed by atoms with Gasteiger partial charge in [-0.2, -0.15) is 0 Å². The van der Waals surface area contributed by atoms with Crippen molar-refractivity contribution < 1.29 is 19.4 Å². The molecule has 0 aliphatic heterocycles. The monoisotopic (exact) mass is 254 g/mol. The Bertz CT molecular complexity index is 309. The van der Waals surface area contributed by atoms with Crippen molar-refractivity contribution in [1.82, 2.24) is 0 Å². The van der Waals surface area contributed by atoms with Gasteiger partial charge < -0.3 is 9.84 Å². The first-order valence-corrected chi connectivity index (χ1v) is 6.54. The molecule has 0 bridgehead atoms. The summed E-state index contributed by atoms with van der Waals surface area (Å²) in [6, 6.07) is 0. The molecule has 0 heterocycles. The van der Waals surface area contributed by atoms with Crippen LogP contribution in [-0.2, 0) is 14.3 Å². The highest BCUT2D eigenvalue weighted by Gasteiger charge is 2.34. The normalized spacial score (nSPS) is 23.8. The number of rotatable bonds is 7. The van der Waals surface area contributed by atoms with Crippen molar-refractivity contribution in [3.8, 4) is 0 Å².